The molecule has 1 aliphatic rings. The minimum atomic E-state index is -0.317. The number of hydrogen-bond donors (Lipinski definition) is 2. The van der Waals surface area contributed by atoms with Crippen LogP contribution in [-0.4, -0.2) is 15.8 Å². The lowest BCUT2D eigenvalue weighted by molar-refractivity contribution is 0.0972. The zero-order chi connectivity index (χ0) is 17.9. The Balaban J connectivity index is 1.73. The zero-order valence-corrected chi connectivity index (χ0v) is 14.0. The fourth-order valence-electron chi connectivity index (χ4n) is 2.99. The number of hydrogen-bond acceptors (Lipinski definition) is 5. The van der Waals surface area contributed by atoms with Gasteiger partial charge >= 0.3 is 0 Å². The van der Waals surface area contributed by atoms with Crippen molar-refractivity contribution in [3.63, 3.8) is 0 Å². The fourth-order valence-corrected chi connectivity index (χ4v) is 2.99. The molecule has 0 spiro atoms. The number of ketones is 1. The molecule has 6 heteroatoms. The number of aryl methyl sites for hydroxylation is 1. The number of para-hydroxylation sites is 1. The van der Waals surface area contributed by atoms with Crippen molar-refractivity contribution >= 4 is 28.9 Å². The molecule has 4 rings (SSSR count). The van der Waals surface area contributed by atoms with Crippen LogP contribution in [0.1, 0.15) is 28.9 Å². The summed E-state index contributed by atoms with van der Waals surface area (Å²) < 4.78 is 13.1. The van der Waals surface area contributed by atoms with E-state index in [9.17, 15) is 9.18 Å². The summed E-state index contributed by atoms with van der Waals surface area (Å²) in [5.41, 5.74) is 2.79. The van der Waals surface area contributed by atoms with Gasteiger partial charge in [-0.2, -0.15) is 4.98 Å². The maximum atomic E-state index is 13.1. The van der Waals surface area contributed by atoms with E-state index in [0.29, 0.717) is 29.4 Å². The van der Waals surface area contributed by atoms with Crippen LogP contribution in [0.25, 0.3) is 0 Å². The molecule has 0 aliphatic heterocycles. The molecule has 1 aliphatic carbocycles. The lowest BCUT2D eigenvalue weighted by Crippen LogP contribution is -2.17. The lowest BCUT2D eigenvalue weighted by Gasteiger charge is -2.19. The first-order valence-corrected chi connectivity index (χ1v) is 8.48. The minimum absolute atomic E-state index is 0.0297. The van der Waals surface area contributed by atoms with Crippen LogP contribution in [-0.2, 0) is 6.42 Å². The Morgan fingerprint density at radius 1 is 0.846 bits per heavy atom. The van der Waals surface area contributed by atoms with E-state index < -0.39 is 0 Å². The molecule has 0 fully saturated rings. The maximum absolute atomic E-state index is 13.1. The molecule has 0 amide bonds. The first kappa shape index (κ1) is 16.2. The average Bonchev–Trinajstić information content (AvgIpc) is 2.64. The molecule has 2 aromatic carbocycles. The van der Waals surface area contributed by atoms with Crippen molar-refractivity contribution < 1.29 is 9.18 Å². The van der Waals surface area contributed by atoms with Gasteiger partial charge < -0.3 is 10.6 Å². The highest BCUT2D eigenvalue weighted by Gasteiger charge is 2.24. The van der Waals surface area contributed by atoms with Crippen LogP contribution in [0.3, 0.4) is 0 Å². The van der Waals surface area contributed by atoms with Gasteiger partial charge in [0.1, 0.15) is 11.6 Å². The van der Waals surface area contributed by atoms with E-state index in [1.807, 2.05) is 30.3 Å². The van der Waals surface area contributed by atoms with Gasteiger partial charge in [0.25, 0.3) is 0 Å². The highest BCUT2D eigenvalue weighted by molar-refractivity contribution is 6.03. The molecule has 2 N–H and O–H groups in total. The number of fused-ring (bicyclic) bond motifs is 1. The normalized spacial score (nSPS) is 13.2. The van der Waals surface area contributed by atoms with Crippen LogP contribution in [0, 0.1) is 5.82 Å². The van der Waals surface area contributed by atoms with E-state index in [2.05, 4.69) is 20.6 Å². The largest absolute Gasteiger partial charge is 0.339 e. The van der Waals surface area contributed by atoms with E-state index >= 15 is 0 Å². The molecule has 0 radical (unpaired) electrons. The van der Waals surface area contributed by atoms with Crippen LogP contribution in [0.15, 0.2) is 54.6 Å². The molecule has 0 atom stereocenters. The van der Waals surface area contributed by atoms with Crippen LogP contribution in [0.4, 0.5) is 27.5 Å². The van der Waals surface area contributed by atoms with Crippen molar-refractivity contribution in [2.75, 3.05) is 10.6 Å². The van der Waals surface area contributed by atoms with Crippen molar-refractivity contribution in [3.05, 3.63) is 71.7 Å². The summed E-state index contributed by atoms with van der Waals surface area (Å²) in [5, 5.41) is 6.31. The van der Waals surface area contributed by atoms with Gasteiger partial charge in [-0.25, -0.2) is 9.37 Å². The van der Waals surface area contributed by atoms with Gasteiger partial charge in [-0.05, 0) is 49.2 Å². The van der Waals surface area contributed by atoms with Crippen molar-refractivity contribution in [3.8, 4) is 0 Å². The van der Waals surface area contributed by atoms with Gasteiger partial charge in [-0.15, -0.1) is 0 Å². The summed E-state index contributed by atoms with van der Waals surface area (Å²) in [6.45, 7) is 0. The van der Waals surface area contributed by atoms with E-state index in [4.69, 9.17) is 0 Å². The summed E-state index contributed by atoms with van der Waals surface area (Å²) >= 11 is 0. The van der Waals surface area contributed by atoms with Crippen molar-refractivity contribution in [2.24, 2.45) is 0 Å². The Labute approximate surface area is 150 Å². The average molecular weight is 348 g/mol. The summed E-state index contributed by atoms with van der Waals surface area (Å²) in [6, 6.07) is 15.6. The topological polar surface area (TPSA) is 66.9 Å². The highest BCUT2D eigenvalue weighted by atomic mass is 19.1. The van der Waals surface area contributed by atoms with Gasteiger partial charge in [0.15, 0.2) is 5.78 Å². The molecule has 0 saturated heterocycles. The minimum Gasteiger partial charge on any atom is -0.339 e. The Bertz CT molecular complexity index is 942. The van der Waals surface area contributed by atoms with Gasteiger partial charge in [0, 0.05) is 17.8 Å². The number of benzene rings is 2. The Morgan fingerprint density at radius 3 is 2.35 bits per heavy atom. The second-order valence-corrected chi connectivity index (χ2v) is 6.12. The lowest BCUT2D eigenvalue weighted by atomic mass is 9.95. The molecule has 26 heavy (non-hydrogen) atoms. The summed E-state index contributed by atoms with van der Waals surface area (Å²) in [5.74, 6) is 0.587. The number of Topliss-reactive ketones (excluding diaryl/α,β-unsaturated/α-hetero) is 1. The second-order valence-electron chi connectivity index (χ2n) is 6.12. The number of carbonyl (C=O) groups excluding carboxylic acids is 1. The smallest absolute Gasteiger partial charge is 0.229 e. The van der Waals surface area contributed by atoms with Crippen molar-refractivity contribution in [1.82, 2.24) is 9.97 Å². The summed E-state index contributed by atoms with van der Waals surface area (Å²) in [7, 11) is 0. The monoisotopic (exact) mass is 348 g/mol. The third kappa shape index (κ3) is 3.39. The van der Waals surface area contributed by atoms with Gasteiger partial charge in [0.05, 0.1) is 11.3 Å². The van der Waals surface area contributed by atoms with E-state index in [1.54, 1.807) is 12.1 Å². The van der Waals surface area contributed by atoms with E-state index in [0.717, 1.165) is 24.2 Å². The second kappa shape index (κ2) is 6.92. The van der Waals surface area contributed by atoms with Crippen LogP contribution >= 0.6 is 0 Å². The predicted molar refractivity (Wildman–Crippen MR) is 98.7 cm³/mol. The molecule has 3 aromatic rings. The number of nitrogens with zero attached hydrogens (tertiary/aromatic N) is 2. The van der Waals surface area contributed by atoms with Gasteiger partial charge in [-0.1, -0.05) is 18.2 Å². The molecule has 1 aromatic heterocycles. The van der Waals surface area contributed by atoms with Crippen LogP contribution in [0.5, 0.6) is 0 Å². The first-order chi connectivity index (χ1) is 12.7. The number of rotatable bonds is 4. The molecule has 0 unspecified atom stereocenters. The molecule has 0 saturated carbocycles. The third-order valence-electron chi connectivity index (χ3n) is 4.22. The fraction of sp³-hybridized carbons (Fsp3) is 0.150. The molecular formula is C20H17FN4O. The van der Waals surface area contributed by atoms with Gasteiger partial charge in [-0.3, -0.25) is 4.79 Å². The Morgan fingerprint density at radius 2 is 1.58 bits per heavy atom. The third-order valence-corrected chi connectivity index (χ3v) is 4.22. The number of anilines is 4. The Hall–Kier alpha value is -3.28. The molecule has 130 valence electrons. The van der Waals surface area contributed by atoms with Crippen LogP contribution in [0.2, 0.25) is 0 Å². The molecule has 1 heterocycles. The van der Waals surface area contributed by atoms with E-state index in [1.165, 1.54) is 12.1 Å². The Kier molecular flexibility index (Phi) is 4.31. The predicted octanol–water partition coefficient (Wildman–Crippen LogP) is 4.62. The highest BCUT2D eigenvalue weighted by Crippen LogP contribution is 2.29. The summed E-state index contributed by atoms with van der Waals surface area (Å²) in [4.78, 5) is 21.5. The molecule has 0 bridgehead atoms. The van der Waals surface area contributed by atoms with Crippen LogP contribution < -0.4 is 10.6 Å². The first-order valence-electron chi connectivity index (χ1n) is 8.48. The van der Waals surface area contributed by atoms with E-state index in [-0.39, 0.29) is 11.6 Å². The number of aromatic nitrogens is 2. The standard InChI is InChI=1S/C20H17FN4O/c21-13-9-11-15(12-10-13)22-19-18-16(7-4-8-17(18)26)24-20(25-19)23-14-5-2-1-3-6-14/h1-3,5-6,9-12H,4,7-8H2,(H2,22,23,24,25). The quantitative estimate of drug-likeness (QED) is 0.720. The zero-order valence-electron chi connectivity index (χ0n) is 14.0. The maximum Gasteiger partial charge on any atom is 0.229 e. The number of nitrogens with one attached hydrogen (secondary N) is 2. The number of halogens is 1. The number of carbonyl (C=O) groups is 1. The summed E-state index contributed by atoms with van der Waals surface area (Å²) in [6.07, 6.45) is 1.99. The molecular weight excluding hydrogens is 331 g/mol. The van der Waals surface area contributed by atoms with Gasteiger partial charge in [0.2, 0.25) is 5.95 Å². The molecule has 5 nitrogen and oxygen atoms in total. The van der Waals surface area contributed by atoms with Crippen molar-refractivity contribution in [2.45, 2.75) is 19.3 Å². The van der Waals surface area contributed by atoms with Crippen molar-refractivity contribution in [1.29, 1.82) is 0 Å². The SMILES string of the molecule is O=C1CCCc2nc(Nc3ccccc3)nc(Nc3ccc(F)cc3)c21.